The van der Waals surface area contributed by atoms with E-state index in [9.17, 15) is 17.2 Å². The molecule has 11 heteroatoms. The summed E-state index contributed by atoms with van der Waals surface area (Å²) in [4.78, 5) is 4.85. The number of rotatable bonds is 12. The van der Waals surface area contributed by atoms with Gasteiger partial charge < -0.3 is 20.1 Å². The van der Waals surface area contributed by atoms with E-state index in [0.717, 1.165) is 63.5 Å². The molecule has 2 aliphatic heterocycles. The Morgan fingerprint density at radius 1 is 0.532 bits per heavy atom. The predicted octanol–water partition coefficient (Wildman–Crippen LogP) is 5.85. The maximum atomic E-state index is 13.6. The van der Waals surface area contributed by atoms with Crippen molar-refractivity contribution >= 4 is 9.84 Å². The minimum atomic E-state index is -3.82. The van der Waals surface area contributed by atoms with Crippen LogP contribution < -0.4 is 20.1 Å². The fraction of sp³-hybridized carbons (Fsp3) is 0.333. The van der Waals surface area contributed by atoms with Gasteiger partial charge in [-0.2, -0.15) is 0 Å². The summed E-state index contributed by atoms with van der Waals surface area (Å²) in [6.07, 6.45) is 0. The highest BCUT2D eigenvalue weighted by Gasteiger charge is 2.19. The molecular weight excluding hydrogens is 622 g/mol. The number of ether oxygens (including phenoxy) is 2. The van der Waals surface area contributed by atoms with Crippen LogP contribution in [0.4, 0.5) is 8.78 Å². The molecule has 0 atom stereocenters. The molecule has 248 valence electrons. The summed E-state index contributed by atoms with van der Waals surface area (Å²) in [5.41, 5.74) is 3.00. The SMILES string of the molecule is O=S(=O)(c1ccc(Oc2cc(CF)cc(CN3CCNCC3)c2)cc1)c1ccc(Oc2cc(CF)cc(CN3CCNCC3)c2)cc1. The number of hydrogen-bond donors (Lipinski definition) is 2. The molecule has 0 spiro atoms. The van der Waals surface area contributed by atoms with Crippen LogP contribution >= 0.6 is 0 Å². The van der Waals surface area contributed by atoms with Crippen LogP contribution in [0.5, 0.6) is 23.0 Å². The highest BCUT2D eigenvalue weighted by atomic mass is 32.2. The minimum absolute atomic E-state index is 0.114. The van der Waals surface area contributed by atoms with Gasteiger partial charge in [-0.15, -0.1) is 0 Å². The minimum Gasteiger partial charge on any atom is -0.457 e. The molecule has 0 bridgehead atoms. The number of piperazine rings is 2. The van der Waals surface area contributed by atoms with E-state index in [-0.39, 0.29) is 9.79 Å². The Hall–Kier alpha value is -3.87. The summed E-state index contributed by atoms with van der Waals surface area (Å²) in [6, 6.07) is 23.2. The molecule has 2 heterocycles. The van der Waals surface area contributed by atoms with Crippen LogP contribution in [0.1, 0.15) is 22.3 Å². The monoisotopic (exact) mass is 662 g/mol. The lowest BCUT2D eigenvalue weighted by atomic mass is 10.1. The summed E-state index contributed by atoms with van der Waals surface area (Å²) in [5.74, 6) is 1.90. The van der Waals surface area contributed by atoms with Crippen LogP contribution in [0.25, 0.3) is 0 Å². The first-order chi connectivity index (χ1) is 22.9. The smallest absolute Gasteiger partial charge is 0.206 e. The third kappa shape index (κ3) is 8.74. The molecule has 2 aliphatic rings. The fourth-order valence-electron chi connectivity index (χ4n) is 5.95. The molecule has 0 saturated carbocycles. The zero-order valence-corrected chi connectivity index (χ0v) is 27.1. The summed E-state index contributed by atoms with van der Waals surface area (Å²) < 4.78 is 66.2. The van der Waals surface area contributed by atoms with E-state index in [1.54, 1.807) is 36.4 Å². The van der Waals surface area contributed by atoms with Gasteiger partial charge in [0.25, 0.3) is 0 Å². The van der Waals surface area contributed by atoms with Crippen molar-refractivity contribution in [3.63, 3.8) is 0 Å². The summed E-state index contributed by atoms with van der Waals surface area (Å²) in [5, 5.41) is 6.66. The van der Waals surface area contributed by atoms with Gasteiger partial charge in [0.2, 0.25) is 9.84 Å². The van der Waals surface area contributed by atoms with E-state index in [1.165, 1.54) is 24.3 Å². The lowest BCUT2D eigenvalue weighted by Gasteiger charge is -2.27. The first-order valence-electron chi connectivity index (χ1n) is 15.9. The Kier molecular flexibility index (Phi) is 10.8. The molecule has 2 fully saturated rings. The Morgan fingerprint density at radius 3 is 1.26 bits per heavy atom. The number of halogens is 2. The molecule has 0 aromatic heterocycles. The second kappa shape index (κ2) is 15.4. The standard InChI is InChI=1S/C36H40F2N4O4S/c37-23-27-17-29(25-41-13-9-39-10-14-41)21-33(19-27)45-31-1-5-35(6-2-31)47(43,44)36-7-3-32(4-8-36)46-34-20-28(24-38)18-30(22-34)26-42-15-11-40-12-16-42/h1-8,17-22,39-40H,9-16,23-26H2. The van der Waals surface area contributed by atoms with Crippen molar-refractivity contribution in [2.24, 2.45) is 0 Å². The van der Waals surface area contributed by atoms with Gasteiger partial charge >= 0.3 is 0 Å². The van der Waals surface area contributed by atoms with Gasteiger partial charge in [0.1, 0.15) is 36.3 Å². The average molecular weight is 663 g/mol. The van der Waals surface area contributed by atoms with Crippen molar-refractivity contribution in [1.29, 1.82) is 0 Å². The molecule has 4 aromatic carbocycles. The number of nitrogens with zero attached hydrogens (tertiary/aromatic N) is 2. The van der Waals surface area contributed by atoms with E-state index in [4.69, 9.17) is 9.47 Å². The van der Waals surface area contributed by atoms with Crippen molar-refractivity contribution < 1.29 is 26.7 Å². The molecule has 0 aliphatic carbocycles. The summed E-state index contributed by atoms with van der Waals surface area (Å²) in [6.45, 7) is 7.60. The zero-order valence-electron chi connectivity index (χ0n) is 26.3. The van der Waals surface area contributed by atoms with Crippen molar-refractivity contribution in [3.05, 3.63) is 107 Å². The van der Waals surface area contributed by atoms with Gasteiger partial charge in [-0.25, -0.2) is 17.2 Å². The molecule has 0 amide bonds. The largest absolute Gasteiger partial charge is 0.457 e. The van der Waals surface area contributed by atoms with E-state index >= 15 is 0 Å². The van der Waals surface area contributed by atoms with E-state index in [0.29, 0.717) is 47.2 Å². The topological polar surface area (TPSA) is 83.1 Å². The Balaban J connectivity index is 1.11. The van der Waals surface area contributed by atoms with E-state index in [1.807, 2.05) is 24.3 Å². The van der Waals surface area contributed by atoms with Gasteiger partial charge in [0, 0.05) is 65.4 Å². The highest BCUT2D eigenvalue weighted by Crippen LogP contribution is 2.30. The van der Waals surface area contributed by atoms with E-state index < -0.39 is 23.2 Å². The zero-order chi connectivity index (χ0) is 32.6. The maximum absolute atomic E-state index is 13.6. The van der Waals surface area contributed by atoms with Crippen LogP contribution in [0, 0.1) is 0 Å². The molecule has 0 radical (unpaired) electrons. The first-order valence-corrected chi connectivity index (χ1v) is 17.4. The molecule has 4 aromatic rings. The lowest BCUT2D eigenvalue weighted by molar-refractivity contribution is 0.233. The molecule has 0 unspecified atom stereocenters. The Bertz CT molecular complexity index is 1620. The number of sulfone groups is 1. The second-order valence-corrected chi connectivity index (χ2v) is 13.9. The highest BCUT2D eigenvalue weighted by molar-refractivity contribution is 7.91. The quantitative estimate of drug-likeness (QED) is 0.196. The molecule has 47 heavy (non-hydrogen) atoms. The van der Waals surface area contributed by atoms with Crippen LogP contribution in [0.3, 0.4) is 0 Å². The third-order valence-corrected chi connectivity index (χ3v) is 10.1. The van der Waals surface area contributed by atoms with Crippen LogP contribution in [-0.4, -0.2) is 70.6 Å². The fourth-order valence-corrected chi connectivity index (χ4v) is 7.21. The summed E-state index contributed by atoms with van der Waals surface area (Å²) in [7, 11) is -3.82. The van der Waals surface area contributed by atoms with Gasteiger partial charge in [0.05, 0.1) is 9.79 Å². The normalized spacial score (nSPS) is 16.2. The predicted molar refractivity (Wildman–Crippen MR) is 177 cm³/mol. The molecule has 2 saturated heterocycles. The second-order valence-electron chi connectivity index (χ2n) is 11.9. The Morgan fingerprint density at radius 2 is 0.894 bits per heavy atom. The molecule has 8 nitrogen and oxygen atoms in total. The van der Waals surface area contributed by atoms with Crippen molar-refractivity contribution in [2.75, 3.05) is 52.4 Å². The van der Waals surface area contributed by atoms with Gasteiger partial charge in [-0.3, -0.25) is 9.80 Å². The first kappa shape index (κ1) is 33.0. The number of nitrogens with one attached hydrogen (secondary N) is 2. The van der Waals surface area contributed by atoms with Crippen LogP contribution in [-0.2, 0) is 36.3 Å². The van der Waals surface area contributed by atoms with Crippen molar-refractivity contribution in [1.82, 2.24) is 20.4 Å². The Labute approximate surface area is 275 Å². The van der Waals surface area contributed by atoms with Crippen LogP contribution in [0.2, 0.25) is 0 Å². The average Bonchev–Trinajstić information content (AvgIpc) is 3.09. The number of hydrogen-bond acceptors (Lipinski definition) is 8. The van der Waals surface area contributed by atoms with Gasteiger partial charge in [-0.1, -0.05) is 12.1 Å². The van der Waals surface area contributed by atoms with Gasteiger partial charge in [-0.05, 0) is 95.1 Å². The molecule has 6 rings (SSSR count). The number of benzene rings is 4. The van der Waals surface area contributed by atoms with E-state index in [2.05, 4.69) is 20.4 Å². The molecular formula is C36H40F2N4O4S. The molecule has 2 N–H and O–H groups in total. The van der Waals surface area contributed by atoms with Gasteiger partial charge in [0.15, 0.2) is 0 Å². The third-order valence-electron chi connectivity index (χ3n) is 8.33. The van der Waals surface area contributed by atoms with Crippen LogP contribution in [0.15, 0.2) is 94.7 Å². The maximum Gasteiger partial charge on any atom is 0.206 e. The summed E-state index contributed by atoms with van der Waals surface area (Å²) >= 11 is 0. The lowest BCUT2D eigenvalue weighted by Crippen LogP contribution is -2.42. The van der Waals surface area contributed by atoms with Crippen molar-refractivity contribution in [2.45, 2.75) is 36.2 Å². The number of alkyl halides is 2. The van der Waals surface area contributed by atoms with Crippen molar-refractivity contribution in [3.8, 4) is 23.0 Å².